The van der Waals surface area contributed by atoms with Crippen LogP contribution in [-0.2, 0) is 6.54 Å². The number of ether oxygens (including phenoxy) is 3. The van der Waals surface area contributed by atoms with E-state index < -0.39 is 0 Å². The van der Waals surface area contributed by atoms with Crippen molar-refractivity contribution in [2.45, 2.75) is 6.54 Å². The highest BCUT2D eigenvalue weighted by atomic mass is 16.5. The first-order valence-corrected chi connectivity index (χ1v) is 6.50. The second-order valence-electron chi connectivity index (χ2n) is 4.54. The average Bonchev–Trinajstić information content (AvgIpc) is 2.48. The molecule has 0 atom stereocenters. The van der Waals surface area contributed by atoms with Crippen molar-refractivity contribution in [1.29, 1.82) is 0 Å². The Morgan fingerprint density at radius 2 is 1.58 bits per heavy atom. The fraction of sp³-hybridized carbons (Fsp3) is 0.571. The van der Waals surface area contributed by atoms with E-state index in [0.29, 0.717) is 0 Å². The molecule has 1 N–H and O–H groups in total. The quantitative estimate of drug-likeness (QED) is 0.865. The average molecular weight is 266 g/mol. The summed E-state index contributed by atoms with van der Waals surface area (Å²) >= 11 is 0. The maximum atomic E-state index is 5.47. The van der Waals surface area contributed by atoms with E-state index in [2.05, 4.69) is 10.2 Å². The molecule has 1 heterocycles. The van der Waals surface area contributed by atoms with Crippen LogP contribution in [0.2, 0.25) is 0 Å². The molecular formula is C14H22N2O3. The zero-order valence-corrected chi connectivity index (χ0v) is 11.9. The molecule has 0 spiro atoms. The molecule has 1 aromatic rings. The lowest BCUT2D eigenvalue weighted by Crippen LogP contribution is -2.43. The Bertz CT molecular complexity index is 392. The molecule has 5 heteroatoms. The van der Waals surface area contributed by atoms with Crippen molar-refractivity contribution in [1.82, 2.24) is 10.2 Å². The van der Waals surface area contributed by atoms with Crippen molar-refractivity contribution in [2.75, 3.05) is 47.5 Å². The van der Waals surface area contributed by atoms with Crippen LogP contribution in [0, 0.1) is 0 Å². The summed E-state index contributed by atoms with van der Waals surface area (Å²) in [6, 6.07) is 3.81. The molecule has 1 aromatic carbocycles. The van der Waals surface area contributed by atoms with Crippen LogP contribution in [0.15, 0.2) is 12.1 Å². The molecule has 106 valence electrons. The Labute approximate surface area is 114 Å². The monoisotopic (exact) mass is 266 g/mol. The fourth-order valence-corrected chi connectivity index (χ4v) is 2.33. The molecular weight excluding hydrogens is 244 g/mol. The number of rotatable bonds is 5. The highest BCUT2D eigenvalue weighted by Crippen LogP contribution is 2.34. The Balaban J connectivity index is 2.25. The zero-order chi connectivity index (χ0) is 13.7. The number of nitrogens with zero attached hydrogens (tertiary/aromatic N) is 1. The number of hydrogen-bond donors (Lipinski definition) is 1. The summed E-state index contributed by atoms with van der Waals surface area (Å²) in [6.45, 7) is 4.97. The molecule has 0 unspecified atom stereocenters. The second-order valence-corrected chi connectivity index (χ2v) is 4.54. The van der Waals surface area contributed by atoms with Crippen molar-refractivity contribution in [3.63, 3.8) is 0 Å². The number of benzene rings is 1. The minimum atomic E-state index is 0.748. The molecule has 0 aromatic heterocycles. The van der Waals surface area contributed by atoms with E-state index in [1.807, 2.05) is 12.1 Å². The number of piperazine rings is 1. The van der Waals surface area contributed by atoms with Gasteiger partial charge in [-0.25, -0.2) is 0 Å². The summed E-state index contributed by atoms with van der Waals surface area (Å²) < 4.78 is 16.2. The molecule has 1 saturated heterocycles. The van der Waals surface area contributed by atoms with Gasteiger partial charge in [0, 0.05) is 44.9 Å². The van der Waals surface area contributed by atoms with Gasteiger partial charge in [-0.15, -0.1) is 0 Å². The third-order valence-electron chi connectivity index (χ3n) is 3.41. The summed E-state index contributed by atoms with van der Waals surface area (Å²) in [7, 11) is 5.00. The lowest BCUT2D eigenvalue weighted by atomic mass is 10.1. The van der Waals surface area contributed by atoms with E-state index in [-0.39, 0.29) is 0 Å². The summed E-state index contributed by atoms with van der Waals surface area (Å²) in [5.74, 6) is 2.38. The van der Waals surface area contributed by atoms with Crippen LogP contribution in [-0.4, -0.2) is 52.4 Å². The van der Waals surface area contributed by atoms with Crippen molar-refractivity contribution < 1.29 is 14.2 Å². The molecule has 0 aliphatic carbocycles. The minimum absolute atomic E-state index is 0.748. The summed E-state index contributed by atoms with van der Waals surface area (Å²) in [5, 5.41) is 3.35. The first-order valence-electron chi connectivity index (χ1n) is 6.50. The lowest BCUT2D eigenvalue weighted by molar-refractivity contribution is 0.226. The third-order valence-corrected chi connectivity index (χ3v) is 3.41. The predicted octanol–water partition coefficient (Wildman–Crippen LogP) is 1.12. The van der Waals surface area contributed by atoms with Crippen molar-refractivity contribution >= 4 is 0 Å². The SMILES string of the molecule is COc1cc(OC)c(CN2CCNCC2)c(OC)c1. The topological polar surface area (TPSA) is 43.0 Å². The van der Waals surface area contributed by atoms with Gasteiger partial charge in [-0.1, -0.05) is 0 Å². The second kappa shape index (κ2) is 6.63. The van der Waals surface area contributed by atoms with Crippen LogP contribution in [0.3, 0.4) is 0 Å². The summed E-state index contributed by atoms with van der Waals surface area (Å²) in [5.41, 5.74) is 1.08. The lowest BCUT2D eigenvalue weighted by Gasteiger charge is -2.28. The first-order chi connectivity index (χ1) is 9.28. The van der Waals surface area contributed by atoms with Gasteiger partial charge in [0.1, 0.15) is 17.2 Å². The van der Waals surface area contributed by atoms with E-state index in [4.69, 9.17) is 14.2 Å². The van der Waals surface area contributed by atoms with E-state index in [1.165, 1.54) is 0 Å². The van der Waals surface area contributed by atoms with Gasteiger partial charge in [-0.3, -0.25) is 4.90 Å². The fourth-order valence-electron chi connectivity index (χ4n) is 2.33. The van der Waals surface area contributed by atoms with Gasteiger partial charge in [-0.2, -0.15) is 0 Å². The number of hydrogen-bond acceptors (Lipinski definition) is 5. The van der Waals surface area contributed by atoms with Gasteiger partial charge >= 0.3 is 0 Å². The Morgan fingerprint density at radius 3 is 2.05 bits per heavy atom. The Kier molecular flexibility index (Phi) is 4.87. The van der Waals surface area contributed by atoms with Crippen molar-refractivity contribution in [3.05, 3.63) is 17.7 Å². The molecule has 0 bridgehead atoms. The molecule has 0 amide bonds. The van der Waals surface area contributed by atoms with E-state index in [0.717, 1.165) is 55.5 Å². The summed E-state index contributed by atoms with van der Waals surface area (Å²) in [4.78, 5) is 2.39. The van der Waals surface area contributed by atoms with Crippen molar-refractivity contribution in [2.24, 2.45) is 0 Å². The smallest absolute Gasteiger partial charge is 0.130 e. The third kappa shape index (κ3) is 3.30. The maximum absolute atomic E-state index is 5.47. The number of nitrogens with one attached hydrogen (secondary N) is 1. The van der Waals surface area contributed by atoms with Gasteiger partial charge in [0.05, 0.1) is 26.9 Å². The predicted molar refractivity (Wildman–Crippen MR) is 74.2 cm³/mol. The highest BCUT2D eigenvalue weighted by Gasteiger charge is 2.17. The maximum Gasteiger partial charge on any atom is 0.130 e. The Hall–Kier alpha value is -1.46. The van der Waals surface area contributed by atoms with Gasteiger partial charge < -0.3 is 19.5 Å². The van der Waals surface area contributed by atoms with Gasteiger partial charge in [-0.05, 0) is 0 Å². The standard InChI is InChI=1S/C14H22N2O3/c1-17-11-8-13(18-2)12(14(9-11)19-3)10-16-6-4-15-5-7-16/h8-9,15H,4-7,10H2,1-3H3. The molecule has 5 nitrogen and oxygen atoms in total. The summed E-state index contributed by atoms with van der Waals surface area (Å²) in [6.07, 6.45) is 0. The Morgan fingerprint density at radius 1 is 1.00 bits per heavy atom. The van der Waals surface area contributed by atoms with E-state index in [1.54, 1.807) is 21.3 Å². The molecule has 1 fully saturated rings. The van der Waals surface area contributed by atoms with Gasteiger partial charge in [0.25, 0.3) is 0 Å². The molecule has 2 rings (SSSR count). The molecule has 19 heavy (non-hydrogen) atoms. The first kappa shape index (κ1) is 14.0. The van der Waals surface area contributed by atoms with Crippen LogP contribution in [0.1, 0.15) is 5.56 Å². The van der Waals surface area contributed by atoms with Crippen LogP contribution < -0.4 is 19.5 Å². The molecule has 1 aliphatic rings. The van der Waals surface area contributed by atoms with Crippen LogP contribution in [0.5, 0.6) is 17.2 Å². The van der Waals surface area contributed by atoms with Crippen LogP contribution in [0.25, 0.3) is 0 Å². The largest absolute Gasteiger partial charge is 0.496 e. The van der Waals surface area contributed by atoms with E-state index >= 15 is 0 Å². The van der Waals surface area contributed by atoms with Crippen molar-refractivity contribution in [3.8, 4) is 17.2 Å². The molecule has 0 saturated carbocycles. The normalized spacial score (nSPS) is 16.2. The van der Waals surface area contributed by atoms with Crippen LogP contribution >= 0.6 is 0 Å². The van der Waals surface area contributed by atoms with Gasteiger partial charge in [0.15, 0.2) is 0 Å². The molecule has 0 radical (unpaired) electrons. The van der Waals surface area contributed by atoms with E-state index in [9.17, 15) is 0 Å². The highest BCUT2D eigenvalue weighted by molar-refractivity contribution is 5.50. The number of methoxy groups -OCH3 is 3. The zero-order valence-electron chi connectivity index (χ0n) is 11.9. The van der Waals surface area contributed by atoms with Gasteiger partial charge in [0.2, 0.25) is 0 Å². The van der Waals surface area contributed by atoms with Crippen LogP contribution in [0.4, 0.5) is 0 Å². The molecule has 1 aliphatic heterocycles. The minimum Gasteiger partial charge on any atom is -0.496 e.